The number of ketones is 1. The van der Waals surface area contributed by atoms with E-state index in [-0.39, 0.29) is 27.9 Å². The van der Waals surface area contributed by atoms with Crippen molar-refractivity contribution >= 4 is 39.9 Å². The SMILES string of the molecule is C=CCOc1ccc(C2/C(=C(\O)c3ccc(OCC)cc3)C(=O)C(=O)N2c2nc(C)c(C(=O)OC)s2)cc1OCC. The van der Waals surface area contributed by atoms with Gasteiger partial charge in [-0.05, 0) is 62.7 Å². The number of rotatable bonds is 11. The van der Waals surface area contributed by atoms with Crippen molar-refractivity contribution in [3.63, 3.8) is 0 Å². The van der Waals surface area contributed by atoms with Gasteiger partial charge in [-0.3, -0.25) is 14.5 Å². The second-order valence-electron chi connectivity index (χ2n) is 8.77. The van der Waals surface area contributed by atoms with E-state index in [4.69, 9.17) is 18.9 Å². The lowest BCUT2D eigenvalue weighted by molar-refractivity contribution is -0.132. The van der Waals surface area contributed by atoms with E-state index in [2.05, 4.69) is 11.6 Å². The number of aryl methyl sites for hydroxylation is 1. The summed E-state index contributed by atoms with van der Waals surface area (Å²) in [7, 11) is 1.25. The number of aliphatic hydroxyl groups excluding tert-OH is 1. The van der Waals surface area contributed by atoms with Crippen LogP contribution in [0.25, 0.3) is 5.76 Å². The monoisotopic (exact) mass is 578 g/mol. The van der Waals surface area contributed by atoms with Gasteiger partial charge in [0.1, 0.15) is 23.0 Å². The van der Waals surface area contributed by atoms with Crippen LogP contribution in [0.4, 0.5) is 5.13 Å². The van der Waals surface area contributed by atoms with Crippen molar-refractivity contribution in [2.75, 3.05) is 31.8 Å². The summed E-state index contributed by atoms with van der Waals surface area (Å²) in [6.07, 6.45) is 1.60. The van der Waals surface area contributed by atoms with Crippen molar-refractivity contribution < 1.29 is 38.4 Å². The number of aliphatic hydroxyl groups is 1. The van der Waals surface area contributed by atoms with Crippen molar-refractivity contribution in [2.24, 2.45) is 0 Å². The average Bonchev–Trinajstić information content (AvgIpc) is 3.48. The van der Waals surface area contributed by atoms with Crippen LogP contribution < -0.4 is 19.1 Å². The lowest BCUT2D eigenvalue weighted by Crippen LogP contribution is -2.29. The molecule has 3 aromatic rings. The number of carbonyl (C=O) groups excluding carboxylic acids is 3. The zero-order chi connectivity index (χ0) is 29.7. The summed E-state index contributed by atoms with van der Waals surface area (Å²) in [6.45, 7) is 9.97. The summed E-state index contributed by atoms with van der Waals surface area (Å²) in [4.78, 5) is 45.2. The van der Waals surface area contributed by atoms with Crippen molar-refractivity contribution in [3.8, 4) is 17.2 Å². The molecule has 1 aromatic heterocycles. The van der Waals surface area contributed by atoms with Crippen molar-refractivity contribution in [3.05, 3.63) is 82.4 Å². The minimum absolute atomic E-state index is 0.102. The van der Waals surface area contributed by atoms with Crippen LogP contribution in [-0.2, 0) is 14.3 Å². The molecule has 11 heteroatoms. The second-order valence-corrected chi connectivity index (χ2v) is 9.75. The highest BCUT2D eigenvalue weighted by molar-refractivity contribution is 7.17. The van der Waals surface area contributed by atoms with Crippen LogP contribution >= 0.6 is 11.3 Å². The Hall–Kier alpha value is -4.64. The number of ether oxygens (including phenoxy) is 4. The Morgan fingerprint density at radius 1 is 1.07 bits per heavy atom. The molecule has 0 saturated carbocycles. The van der Waals surface area contributed by atoms with Crippen LogP contribution in [0.1, 0.15) is 46.4 Å². The van der Waals surface area contributed by atoms with E-state index in [0.717, 1.165) is 11.3 Å². The third-order valence-electron chi connectivity index (χ3n) is 6.19. The Balaban J connectivity index is 1.92. The lowest BCUT2D eigenvalue weighted by Gasteiger charge is -2.24. The van der Waals surface area contributed by atoms with Gasteiger partial charge in [0.05, 0.1) is 37.6 Å². The molecule has 0 aliphatic carbocycles. The number of esters is 1. The minimum Gasteiger partial charge on any atom is -0.507 e. The van der Waals surface area contributed by atoms with E-state index in [9.17, 15) is 19.5 Å². The van der Waals surface area contributed by atoms with Crippen molar-refractivity contribution in [2.45, 2.75) is 26.8 Å². The summed E-state index contributed by atoms with van der Waals surface area (Å²) in [5.41, 5.74) is 0.970. The molecule has 4 rings (SSSR count). The molecule has 2 aromatic carbocycles. The van der Waals surface area contributed by atoms with E-state index in [1.165, 1.54) is 12.0 Å². The molecule has 2 heterocycles. The first kappa shape index (κ1) is 29.3. The molecule has 1 N–H and O–H groups in total. The Bertz CT molecular complexity index is 1510. The van der Waals surface area contributed by atoms with Gasteiger partial charge in [0.15, 0.2) is 16.6 Å². The Morgan fingerprint density at radius 3 is 2.41 bits per heavy atom. The zero-order valence-corrected chi connectivity index (χ0v) is 23.9. The largest absolute Gasteiger partial charge is 0.507 e. The van der Waals surface area contributed by atoms with Crippen LogP contribution in [0.5, 0.6) is 17.2 Å². The van der Waals surface area contributed by atoms with Gasteiger partial charge in [-0.1, -0.05) is 30.1 Å². The number of benzene rings is 2. The van der Waals surface area contributed by atoms with Crippen LogP contribution in [0.2, 0.25) is 0 Å². The van der Waals surface area contributed by atoms with E-state index in [0.29, 0.717) is 47.3 Å². The van der Waals surface area contributed by atoms with Crippen LogP contribution in [0.3, 0.4) is 0 Å². The van der Waals surface area contributed by atoms with Gasteiger partial charge >= 0.3 is 11.9 Å². The summed E-state index contributed by atoms with van der Waals surface area (Å²) in [5.74, 6) is -1.38. The van der Waals surface area contributed by atoms with Gasteiger partial charge in [0, 0.05) is 5.56 Å². The molecule has 1 saturated heterocycles. The van der Waals surface area contributed by atoms with Gasteiger partial charge in [0.2, 0.25) is 0 Å². The first-order chi connectivity index (χ1) is 19.7. The van der Waals surface area contributed by atoms with E-state index in [1.54, 1.807) is 55.5 Å². The fraction of sp³-hybridized carbons (Fsp3) is 0.267. The highest BCUT2D eigenvalue weighted by atomic mass is 32.1. The van der Waals surface area contributed by atoms with E-state index >= 15 is 0 Å². The van der Waals surface area contributed by atoms with Crippen LogP contribution in [0, 0.1) is 6.92 Å². The summed E-state index contributed by atoms with van der Waals surface area (Å²) < 4.78 is 21.8. The normalized spacial score (nSPS) is 16.0. The molecule has 1 atom stereocenters. The third kappa shape index (κ3) is 5.80. The number of carbonyl (C=O) groups is 3. The average molecular weight is 579 g/mol. The predicted molar refractivity (Wildman–Crippen MR) is 154 cm³/mol. The van der Waals surface area contributed by atoms with Gasteiger partial charge < -0.3 is 24.1 Å². The highest BCUT2D eigenvalue weighted by Crippen LogP contribution is 2.45. The third-order valence-corrected chi connectivity index (χ3v) is 7.32. The first-order valence-corrected chi connectivity index (χ1v) is 13.7. The smallest absolute Gasteiger partial charge is 0.350 e. The minimum atomic E-state index is -1.09. The molecule has 1 amide bonds. The number of nitrogens with zero attached hydrogens (tertiary/aromatic N) is 2. The Kier molecular flexibility index (Phi) is 9.08. The molecular weight excluding hydrogens is 548 g/mol. The molecule has 0 bridgehead atoms. The molecule has 1 aliphatic rings. The van der Waals surface area contributed by atoms with Gasteiger partial charge in [-0.25, -0.2) is 9.78 Å². The van der Waals surface area contributed by atoms with Gasteiger partial charge in [0.25, 0.3) is 5.78 Å². The number of aromatic nitrogens is 1. The van der Waals surface area contributed by atoms with Gasteiger partial charge in [-0.2, -0.15) is 0 Å². The maximum absolute atomic E-state index is 13.5. The number of Topliss-reactive ketones (excluding diaryl/α,β-unsaturated/α-hetero) is 1. The van der Waals surface area contributed by atoms with Crippen LogP contribution in [0.15, 0.2) is 60.7 Å². The fourth-order valence-electron chi connectivity index (χ4n) is 4.37. The number of methoxy groups -OCH3 is 1. The van der Waals surface area contributed by atoms with E-state index in [1.807, 2.05) is 13.8 Å². The molecule has 0 radical (unpaired) electrons. The maximum atomic E-state index is 13.5. The topological polar surface area (TPSA) is 124 Å². The lowest BCUT2D eigenvalue weighted by atomic mass is 9.95. The fourth-order valence-corrected chi connectivity index (χ4v) is 5.39. The Labute approximate surface area is 241 Å². The summed E-state index contributed by atoms with van der Waals surface area (Å²) in [5, 5.41) is 11.5. The van der Waals surface area contributed by atoms with Gasteiger partial charge in [-0.15, -0.1) is 0 Å². The molecule has 10 nitrogen and oxygen atoms in total. The van der Waals surface area contributed by atoms with Crippen molar-refractivity contribution in [1.82, 2.24) is 4.98 Å². The molecule has 1 unspecified atom stereocenters. The molecule has 1 aliphatic heterocycles. The Morgan fingerprint density at radius 2 is 1.78 bits per heavy atom. The molecule has 41 heavy (non-hydrogen) atoms. The number of amides is 1. The summed E-state index contributed by atoms with van der Waals surface area (Å²) in [6, 6.07) is 10.4. The number of thiazole rings is 1. The maximum Gasteiger partial charge on any atom is 0.350 e. The number of anilines is 1. The summed E-state index contributed by atoms with van der Waals surface area (Å²) >= 11 is 0.919. The quantitative estimate of drug-likeness (QED) is 0.107. The highest BCUT2D eigenvalue weighted by Gasteiger charge is 2.48. The molecular formula is C30H30N2O8S. The number of hydrogen-bond donors (Lipinski definition) is 1. The molecule has 1 fully saturated rings. The number of hydrogen-bond acceptors (Lipinski definition) is 10. The standard InChI is InChI=1S/C30H30N2O8S/c1-6-15-40-21-14-11-19(16-22(21)39-8-3)24-23(25(33)18-9-12-20(13-10-18)38-7-2)26(34)28(35)32(24)30-31-17(4)27(41-30)29(36)37-5/h6,9-14,16,24,33H,1,7-8,15H2,2-5H3/b25-23+. The molecule has 214 valence electrons. The second kappa shape index (κ2) is 12.7. The molecule has 0 spiro atoms. The van der Waals surface area contributed by atoms with Crippen molar-refractivity contribution in [1.29, 1.82) is 0 Å². The predicted octanol–water partition coefficient (Wildman–Crippen LogP) is 5.23. The first-order valence-electron chi connectivity index (χ1n) is 12.9. The zero-order valence-electron chi connectivity index (χ0n) is 23.1. The van der Waals surface area contributed by atoms with Crippen LogP contribution in [-0.4, -0.2) is 54.7 Å². The van der Waals surface area contributed by atoms with E-state index < -0.39 is 23.7 Å².